The molecule has 0 fully saturated rings. The monoisotopic (exact) mass is 367 g/mol. The third-order valence-electron chi connectivity index (χ3n) is 2.78. The van der Waals surface area contributed by atoms with E-state index in [1.807, 2.05) is 6.07 Å². The van der Waals surface area contributed by atoms with Crippen molar-refractivity contribution in [3.8, 4) is 17.1 Å². The molecule has 0 unspecified atom stereocenters. The molecule has 0 aliphatic heterocycles. The Kier molecular flexibility index (Phi) is 3.60. The maximum atomic E-state index is 13.4. The minimum Gasteiger partial charge on any atom is -0.399 e. The summed E-state index contributed by atoms with van der Waals surface area (Å²) in [6.07, 6.45) is 0. The number of rotatable bonds is 2. The first-order valence-electron chi connectivity index (χ1n) is 5.85. The fourth-order valence-electron chi connectivity index (χ4n) is 1.92. The van der Waals surface area contributed by atoms with E-state index in [0.717, 1.165) is 4.47 Å². The van der Waals surface area contributed by atoms with E-state index in [2.05, 4.69) is 31.5 Å². The third-order valence-corrected chi connectivity index (χ3v) is 3.56. The van der Waals surface area contributed by atoms with Gasteiger partial charge in [0.25, 0.3) is 0 Å². The zero-order valence-electron chi connectivity index (χ0n) is 10.5. The summed E-state index contributed by atoms with van der Waals surface area (Å²) >= 11 is 9.45. The molecule has 0 bridgehead atoms. The molecule has 5 nitrogen and oxygen atoms in total. The Bertz CT molecular complexity index is 800. The molecule has 0 saturated heterocycles. The van der Waals surface area contributed by atoms with Gasteiger partial charge in [0.15, 0.2) is 5.82 Å². The molecule has 3 aromatic rings. The van der Waals surface area contributed by atoms with Crippen LogP contribution in [0.15, 0.2) is 40.9 Å². The van der Waals surface area contributed by atoms with Gasteiger partial charge in [0, 0.05) is 21.8 Å². The number of hydrogen-bond acceptors (Lipinski definition) is 4. The van der Waals surface area contributed by atoms with Crippen molar-refractivity contribution in [2.45, 2.75) is 0 Å². The Labute approximate surface area is 132 Å². The van der Waals surface area contributed by atoms with Crippen LogP contribution in [0.5, 0.6) is 0 Å². The first kappa shape index (κ1) is 14.0. The van der Waals surface area contributed by atoms with Crippen molar-refractivity contribution >= 4 is 33.2 Å². The van der Waals surface area contributed by atoms with Gasteiger partial charge in [0.1, 0.15) is 5.82 Å². The zero-order valence-corrected chi connectivity index (χ0v) is 12.8. The smallest absolute Gasteiger partial charge is 0.187 e. The van der Waals surface area contributed by atoms with Crippen LogP contribution in [-0.2, 0) is 0 Å². The van der Waals surface area contributed by atoms with Crippen LogP contribution in [0.2, 0.25) is 5.02 Å². The Morgan fingerprint density at radius 1 is 1.19 bits per heavy atom. The molecule has 0 spiro atoms. The number of aromatic nitrogens is 4. The summed E-state index contributed by atoms with van der Waals surface area (Å²) in [5.74, 6) is -0.0138. The molecule has 106 valence electrons. The van der Waals surface area contributed by atoms with Crippen LogP contribution in [0.25, 0.3) is 17.1 Å². The highest BCUT2D eigenvalue weighted by Gasteiger charge is 2.15. The van der Waals surface area contributed by atoms with Crippen molar-refractivity contribution < 1.29 is 4.39 Å². The number of benzene rings is 2. The van der Waals surface area contributed by atoms with Crippen LogP contribution < -0.4 is 5.73 Å². The Hall–Kier alpha value is -1.99. The predicted octanol–water partition coefficient (Wildman–Crippen LogP) is 3.47. The van der Waals surface area contributed by atoms with E-state index >= 15 is 0 Å². The Morgan fingerprint density at radius 3 is 2.76 bits per heavy atom. The highest BCUT2D eigenvalue weighted by atomic mass is 79.9. The topological polar surface area (TPSA) is 69.6 Å². The number of halogens is 3. The van der Waals surface area contributed by atoms with Gasteiger partial charge >= 0.3 is 0 Å². The minimum atomic E-state index is -0.426. The number of nitrogen functional groups attached to an aromatic ring is 1. The molecular weight excluding hydrogens is 361 g/mol. The van der Waals surface area contributed by atoms with Gasteiger partial charge in [-0.2, -0.15) is 4.68 Å². The van der Waals surface area contributed by atoms with Crippen molar-refractivity contribution in [1.82, 2.24) is 20.2 Å². The molecule has 3 rings (SSSR count). The van der Waals surface area contributed by atoms with Crippen molar-refractivity contribution in [2.75, 3.05) is 5.73 Å². The lowest BCUT2D eigenvalue weighted by Gasteiger charge is -2.07. The summed E-state index contributed by atoms with van der Waals surface area (Å²) in [4.78, 5) is 0. The second-order valence-corrected chi connectivity index (χ2v) is 5.61. The quantitative estimate of drug-likeness (QED) is 0.703. The van der Waals surface area contributed by atoms with Gasteiger partial charge in [-0.3, -0.25) is 0 Å². The van der Waals surface area contributed by atoms with Gasteiger partial charge < -0.3 is 5.73 Å². The largest absolute Gasteiger partial charge is 0.399 e. The van der Waals surface area contributed by atoms with E-state index in [0.29, 0.717) is 27.8 Å². The first-order valence-corrected chi connectivity index (χ1v) is 7.02. The molecule has 8 heteroatoms. The maximum Gasteiger partial charge on any atom is 0.187 e. The van der Waals surface area contributed by atoms with Crippen LogP contribution in [0.1, 0.15) is 0 Å². The summed E-state index contributed by atoms with van der Waals surface area (Å²) in [5, 5.41) is 11.8. The molecule has 2 aromatic carbocycles. The molecule has 0 saturated carbocycles. The summed E-state index contributed by atoms with van der Waals surface area (Å²) < 4.78 is 15.6. The van der Waals surface area contributed by atoms with Gasteiger partial charge in [0.05, 0.1) is 10.7 Å². The average molecular weight is 369 g/mol. The number of anilines is 1. The second-order valence-electron chi connectivity index (χ2n) is 4.28. The lowest BCUT2D eigenvalue weighted by atomic mass is 10.2. The molecule has 0 amide bonds. The summed E-state index contributed by atoms with van der Waals surface area (Å²) in [6, 6.07) is 9.28. The normalized spacial score (nSPS) is 10.8. The van der Waals surface area contributed by atoms with E-state index in [9.17, 15) is 4.39 Å². The van der Waals surface area contributed by atoms with E-state index in [-0.39, 0.29) is 0 Å². The van der Waals surface area contributed by atoms with Gasteiger partial charge in [-0.05, 0) is 40.8 Å². The lowest BCUT2D eigenvalue weighted by Crippen LogP contribution is -2.02. The second kappa shape index (κ2) is 5.42. The van der Waals surface area contributed by atoms with Crippen molar-refractivity contribution in [3.63, 3.8) is 0 Å². The van der Waals surface area contributed by atoms with Gasteiger partial charge in [-0.25, -0.2) is 4.39 Å². The fourth-order valence-corrected chi connectivity index (χ4v) is 2.63. The van der Waals surface area contributed by atoms with Gasteiger partial charge in [0.2, 0.25) is 0 Å². The number of hydrogen-bond donors (Lipinski definition) is 1. The fraction of sp³-hybridized carbons (Fsp3) is 0. The standard InChI is InChI=1S/C13H8BrClFN5/c14-8-3-7(4-10(17)5-8)13-18-19-20-21(13)12-6-9(16)1-2-11(12)15/h1-6H,17H2. The van der Waals surface area contributed by atoms with E-state index < -0.39 is 5.82 Å². The third kappa shape index (κ3) is 2.74. The van der Waals surface area contributed by atoms with Crippen LogP contribution >= 0.6 is 27.5 Å². The highest BCUT2D eigenvalue weighted by molar-refractivity contribution is 9.10. The summed E-state index contributed by atoms with van der Waals surface area (Å²) in [7, 11) is 0. The van der Waals surface area contributed by atoms with Crippen LogP contribution in [-0.4, -0.2) is 20.2 Å². The molecule has 0 aliphatic rings. The zero-order chi connectivity index (χ0) is 15.0. The Balaban J connectivity index is 2.19. The number of nitrogens with zero attached hydrogens (tertiary/aromatic N) is 4. The number of tetrazole rings is 1. The van der Waals surface area contributed by atoms with Gasteiger partial charge in [-0.1, -0.05) is 27.5 Å². The van der Waals surface area contributed by atoms with Crippen molar-refractivity contribution in [3.05, 3.63) is 51.7 Å². The first-order chi connectivity index (χ1) is 10.0. The molecule has 0 atom stereocenters. The van der Waals surface area contributed by atoms with E-state index in [4.69, 9.17) is 17.3 Å². The van der Waals surface area contributed by atoms with Crippen molar-refractivity contribution in [1.29, 1.82) is 0 Å². The molecule has 1 aromatic heterocycles. The number of nitrogens with two attached hydrogens (primary N) is 1. The van der Waals surface area contributed by atoms with Gasteiger partial charge in [-0.15, -0.1) is 5.10 Å². The summed E-state index contributed by atoms with van der Waals surface area (Å²) in [5.41, 5.74) is 7.41. The Morgan fingerprint density at radius 2 is 2.00 bits per heavy atom. The molecule has 2 N–H and O–H groups in total. The molecule has 0 aliphatic carbocycles. The molecule has 1 heterocycles. The maximum absolute atomic E-state index is 13.4. The predicted molar refractivity (Wildman–Crippen MR) is 81.7 cm³/mol. The average Bonchev–Trinajstić information content (AvgIpc) is 2.89. The van der Waals surface area contributed by atoms with Crippen LogP contribution in [0.3, 0.4) is 0 Å². The SMILES string of the molecule is Nc1cc(Br)cc(-c2nnnn2-c2cc(F)ccc2Cl)c1. The minimum absolute atomic E-state index is 0.341. The highest BCUT2D eigenvalue weighted by Crippen LogP contribution is 2.28. The van der Waals surface area contributed by atoms with E-state index in [1.165, 1.54) is 22.9 Å². The van der Waals surface area contributed by atoms with Crippen LogP contribution in [0, 0.1) is 5.82 Å². The molecule has 0 radical (unpaired) electrons. The lowest BCUT2D eigenvalue weighted by molar-refractivity contribution is 0.625. The molecular formula is C13H8BrClFN5. The van der Waals surface area contributed by atoms with E-state index in [1.54, 1.807) is 12.1 Å². The molecule has 21 heavy (non-hydrogen) atoms. The van der Waals surface area contributed by atoms with Crippen LogP contribution in [0.4, 0.5) is 10.1 Å². The summed E-state index contributed by atoms with van der Waals surface area (Å²) in [6.45, 7) is 0. The van der Waals surface area contributed by atoms with Crippen molar-refractivity contribution in [2.24, 2.45) is 0 Å².